The zero-order chi connectivity index (χ0) is 15.0. The van der Waals surface area contributed by atoms with Crippen LogP contribution in [0, 0.1) is 0 Å². The third-order valence-corrected chi connectivity index (χ3v) is 4.23. The van der Waals surface area contributed by atoms with Crippen molar-refractivity contribution in [1.82, 2.24) is 9.88 Å². The third kappa shape index (κ3) is 2.74. The maximum absolute atomic E-state index is 12.8. The zero-order valence-corrected chi connectivity index (χ0v) is 12.8. The number of carbonyl (C=O) groups excluding carboxylic acids is 1. The molecule has 0 amide bonds. The molecule has 0 bridgehead atoms. The van der Waals surface area contributed by atoms with E-state index in [1.54, 1.807) is 0 Å². The summed E-state index contributed by atoms with van der Waals surface area (Å²) in [4.78, 5) is 18.2. The number of H-pyrrole nitrogens is 1. The summed E-state index contributed by atoms with van der Waals surface area (Å²) < 4.78 is 5.75. The number of aromatic nitrogens is 1. The summed E-state index contributed by atoms with van der Waals surface area (Å²) in [7, 11) is 0. The number of Topliss-reactive ketones (excluding diaryl/α,β-unsaturated/α-hetero) is 1. The second-order valence-corrected chi connectivity index (χ2v) is 6.00. The molecule has 1 aliphatic heterocycles. The predicted octanol–water partition coefficient (Wildman–Crippen LogP) is 2.85. The van der Waals surface area contributed by atoms with Crippen molar-refractivity contribution in [2.24, 2.45) is 0 Å². The van der Waals surface area contributed by atoms with E-state index < -0.39 is 0 Å². The van der Waals surface area contributed by atoms with Crippen molar-refractivity contribution in [2.45, 2.75) is 39.0 Å². The Morgan fingerprint density at radius 2 is 1.95 bits per heavy atom. The lowest BCUT2D eigenvalue weighted by Gasteiger charge is -2.38. The molecule has 1 N–H and O–H groups in total. The second kappa shape index (κ2) is 5.62. The van der Waals surface area contributed by atoms with Gasteiger partial charge in [0.15, 0.2) is 5.78 Å². The molecule has 0 unspecified atom stereocenters. The average Bonchev–Trinajstić information content (AvgIpc) is 2.88. The minimum atomic E-state index is -0.127. The first-order chi connectivity index (χ1) is 10.1. The monoisotopic (exact) mass is 286 g/mol. The molecular formula is C17H22N2O2. The zero-order valence-electron chi connectivity index (χ0n) is 12.8. The number of rotatable bonds is 3. The Kier molecular flexibility index (Phi) is 3.83. The van der Waals surface area contributed by atoms with Crippen LogP contribution in [0.3, 0.4) is 0 Å². The summed E-state index contributed by atoms with van der Waals surface area (Å²) in [6, 6.07) is 7.81. The molecule has 4 heteroatoms. The number of hydrogen-bond donors (Lipinski definition) is 1. The van der Waals surface area contributed by atoms with Gasteiger partial charge in [0.1, 0.15) is 0 Å². The maximum Gasteiger partial charge on any atom is 0.181 e. The van der Waals surface area contributed by atoms with Crippen molar-refractivity contribution in [3.8, 4) is 0 Å². The molecular weight excluding hydrogens is 264 g/mol. The molecule has 21 heavy (non-hydrogen) atoms. The highest BCUT2D eigenvalue weighted by Crippen LogP contribution is 2.22. The van der Waals surface area contributed by atoms with Gasteiger partial charge in [0.25, 0.3) is 0 Å². The van der Waals surface area contributed by atoms with E-state index in [0.29, 0.717) is 0 Å². The molecule has 1 aromatic carbocycles. The number of fused-ring (bicyclic) bond motifs is 1. The fourth-order valence-electron chi connectivity index (χ4n) is 3.20. The topological polar surface area (TPSA) is 45.3 Å². The van der Waals surface area contributed by atoms with Crippen LogP contribution in [0.1, 0.15) is 31.1 Å². The summed E-state index contributed by atoms with van der Waals surface area (Å²) in [5.41, 5.74) is 1.79. The van der Waals surface area contributed by atoms with Crippen LogP contribution in [-0.2, 0) is 4.74 Å². The lowest BCUT2D eigenvalue weighted by atomic mass is 10.0. The Labute approximate surface area is 125 Å². The number of nitrogens with one attached hydrogen (secondary N) is 1. The molecule has 4 nitrogen and oxygen atoms in total. The van der Waals surface area contributed by atoms with Gasteiger partial charge in [-0.25, -0.2) is 0 Å². The van der Waals surface area contributed by atoms with Gasteiger partial charge >= 0.3 is 0 Å². The SMILES string of the molecule is C[C@@H]1CN([C@@H](C)C(=O)c2c[nH]c3ccccc23)C[C@@H](C)O1. The van der Waals surface area contributed by atoms with E-state index in [1.807, 2.05) is 37.4 Å². The Morgan fingerprint density at radius 1 is 1.29 bits per heavy atom. The highest BCUT2D eigenvalue weighted by Gasteiger charge is 2.30. The van der Waals surface area contributed by atoms with Crippen LogP contribution in [0.15, 0.2) is 30.5 Å². The summed E-state index contributed by atoms with van der Waals surface area (Å²) in [5.74, 6) is 0.175. The van der Waals surface area contributed by atoms with Crippen LogP contribution in [0.2, 0.25) is 0 Å². The molecule has 0 saturated carbocycles. The van der Waals surface area contributed by atoms with Crippen molar-refractivity contribution >= 4 is 16.7 Å². The summed E-state index contributed by atoms with van der Waals surface area (Å²) >= 11 is 0. The van der Waals surface area contributed by atoms with Crippen molar-refractivity contribution in [1.29, 1.82) is 0 Å². The van der Waals surface area contributed by atoms with Gasteiger partial charge in [-0.15, -0.1) is 0 Å². The Hall–Kier alpha value is -1.65. The molecule has 0 spiro atoms. The quantitative estimate of drug-likeness (QED) is 0.883. The lowest BCUT2D eigenvalue weighted by Crippen LogP contribution is -2.51. The van der Waals surface area contributed by atoms with Crippen LogP contribution < -0.4 is 0 Å². The van der Waals surface area contributed by atoms with Crippen molar-refractivity contribution in [3.05, 3.63) is 36.0 Å². The van der Waals surface area contributed by atoms with Gasteiger partial charge < -0.3 is 9.72 Å². The number of ether oxygens (including phenoxy) is 1. The number of ketones is 1. The molecule has 1 saturated heterocycles. The van der Waals surface area contributed by atoms with Gasteiger partial charge in [-0.1, -0.05) is 18.2 Å². The van der Waals surface area contributed by atoms with E-state index in [0.717, 1.165) is 29.6 Å². The van der Waals surface area contributed by atoms with E-state index in [4.69, 9.17) is 4.74 Å². The first kappa shape index (κ1) is 14.3. The van der Waals surface area contributed by atoms with Crippen LogP contribution in [0.5, 0.6) is 0 Å². The van der Waals surface area contributed by atoms with Crippen molar-refractivity contribution < 1.29 is 9.53 Å². The highest BCUT2D eigenvalue weighted by atomic mass is 16.5. The standard InChI is InChI=1S/C17H22N2O2/c1-11-9-19(10-12(2)21-11)13(3)17(20)15-8-18-16-7-5-4-6-14(15)16/h4-8,11-13,18H,9-10H2,1-3H3/t11-,12-,13+/m1/s1. The molecule has 2 heterocycles. The first-order valence-electron chi connectivity index (χ1n) is 7.56. The smallest absolute Gasteiger partial charge is 0.181 e. The molecule has 3 rings (SSSR count). The van der Waals surface area contributed by atoms with Crippen LogP contribution in [0.4, 0.5) is 0 Å². The molecule has 1 aliphatic rings. The molecule has 3 atom stereocenters. The normalized spacial score (nSPS) is 25.1. The van der Waals surface area contributed by atoms with E-state index >= 15 is 0 Å². The van der Waals surface area contributed by atoms with Crippen LogP contribution in [-0.4, -0.2) is 47.0 Å². The van der Waals surface area contributed by atoms with Crippen molar-refractivity contribution in [3.63, 3.8) is 0 Å². The first-order valence-corrected chi connectivity index (χ1v) is 7.56. The molecule has 112 valence electrons. The van der Waals surface area contributed by atoms with Crippen molar-refractivity contribution in [2.75, 3.05) is 13.1 Å². The number of morpholine rings is 1. The number of carbonyl (C=O) groups is 1. The molecule has 1 aromatic heterocycles. The molecule has 0 radical (unpaired) electrons. The van der Waals surface area contributed by atoms with Gasteiger partial charge in [-0.2, -0.15) is 0 Å². The van der Waals surface area contributed by atoms with Gasteiger partial charge in [0.2, 0.25) is 0 Å². The molecule has 1 fully saturated rings. The number of hydrogen-bond acceptors (Lipinski definition) is 3. The summed E-state index contributed by atoms with van der Waals surface area (Å²) in [6.45, 7) is 7.73. The highest BCUT2D eigenvalue weighted by molar-refractivity contribution is 6.10. The largest absolute Gasteiger partial charge is 0.373 e. The Bertz CT molecular complexity index is 639. The Morgan fingerprint density at radius 3 is 2.67 bits per heavy atom. The third-order valence-electron chi connectivity index (χ3n) is 4.23. The minimum Gasteiger partial charge on any atom is -0.373 e. The average molecular weight is 286 g/mol. The van der Waals surface area contributed by atoms with Crippen LogP contribution >= 0.6 is 0 Å². The second-order valence-electron chi connectivity index (χ2n) is 6.00. The molecule has 0 aliphatic carbocycles. The fraction of sp³-hybridized carbons (Fsp3) is 0.471. The van der Waals surface area contributed by atoms with Gasteiger partial charge in [0, 0.05) is 35.8 Å². The summed E-state index contributed by atoms with van der Waals surface area (Å²) in [5, 5.41) is 1.00. The maximum atomic E-state index is 12.8. The van der Waals surface area contributed by atoms with E-state index in [1.165, 1.54) is 0 Å². The van der Waals surface area contributed by atoms with Gasteiger partial charge in [-0.3, -0.25) is 9.69 Å². The number of nitrogens with zero attached hydrogens (tertiary/aromatic N) is 1. The minimum absolute atomic E-state index is 0.127. The van der Waals surface area contributed by atoms with E-state index in [2.05, 4.69) is 23.7 Å². The Balaban J connectivity index is 1.84. The van der Waals surface area contributed by atoms with Gasteiger partial charge in [0.05, 0.1) is 18.2 Å². The van der Waals surface area contributed by atoms with Crippen LogP contribution in [0.25, 0.3) is 10.9 Å². The number of aromatic amines is 1. The van der Waals surface area contributed by atoms with E-state index in [-0.39, 0.29) is 24.0 Å². The summed E-state index contributed by atoms with van der Waals surface area (Å²) in [6.07, 6.45) is 2.18. The predicted molar refractivity (Wildman–Crippen MR) is 83.7 cm³/mol. The molecule has 2 aromatic rings. The lowest BCUT2D eigenvalue weighted by molar-refractivity contribution is -0.0744. The van der Waals surface area contributed by atoms with E-state index in [9.17, 15) is 4.79 Å². The van der Waals surface area contributed by atoms with Gasteiger partial charge in [-0.05, 0) is 26.8 Å². The fourth-order valence-corrected chi connectivity index (χ4v) is 3.20. The number of benzene rings is 1. The number of para-hydroxylation sites is 1.